The average molecular weight is 1800 g/mol. The molecule has 3 aromatic carbocycles. The van der Waals surface area contributed by atoms with E-state index in [0.717, 1.165) is 153 Å². The molecule has 8 aliphatic rings. The largest absolute Gasteiger partial charge is 0.491 e. The number of rotatable bonds is 42. The number of likely N-dealkylation sites (tertiary alicyclic amines) is 2. The van der Waals surface area contributed by atoms with Crippen molar-refractivity contribution >= 4 is 47.1 Å². The highest BCUT2D eigenvalue weighted by Gasteiger charge is 2.44. The Kier molecular flexibility index (Phi) is 37.7. The highest BCUT2D eigenvalue weighted by Crippen LogP contribution is 2.48. The number of halogens is 4. The van der Waals surface area contributed by atoms with Crippen molar-refractivity contribution in [3.63, 3.8) is 0 Å². The number of methoxy groups -OCH3 is 4. The Hall–Kier alpha value is -10.0. The number of pyridine rings is 4. The van der Waals surface area contributed by atoms with Gasteiger partial charge in [-0.05, 0) is 290 Å². The predicted molar refractivity (Wildman–Crippen MR) is 496 cm³/mol. The highest BCUT2D eigenvalue weighted by atomic mass is 19.2. The van der Waals surface area contributed by atoms with E-state index >= 15 is 17.6 Å². The van der Waals surface area contributed by atoms with Gasteiger partial charge in [-0.3, -0.25) is 24.2 Å². The van der Waals surface area contributed by atoms with Gasteiger partial charge in [0.2, 0.25) is 0 Å². The molecule has 28 heteroatoms. The number of alkyl halides is 4. The number of nitrogens with zero attached hydrogens (tertiary/aromatic N) is 6. The molecule has 24 nitrogen and oxygen atoms in total. The van der Waals surface area contributed by atoms with Crippen LogP contribution in [0.3, 0.4) is 0 Å². The Labute approximate surface area is 763 Å². The van der Waals surface area contributed by atoms with Gasteiger partial charge in [0.05, 0.1) is 46.2 Å². The summed E-state index contributed by atoms with van der Waals surface area (Å²) >= 11 is 0. The molecule has 4 fully saturated rings. The number of aliphatic carboxylic acids is 3. The van der Waals surface area contributed by atoms with E-state index in [1.807, 2.05) is 102 Å². The molecular formula is C102H136F4N10O14. The summed E-state index contributed by atoms with van der Waals surface area (Å²) in [6.45, 7) is 9.66. The topological polar surface area (TPSA) is 300 Å². The van der Waals surface area contributed by atoms with E-state index < -0.39 is 40.6 Å². The molecule has 10 heterocycles. The molecule has 15 rings (SSSR count). The zero-order valence-electron chi connectivity index (χ0n) is 76.4. The van der Waals surface area contributed by atoms with E-state index in [-0.39, 0.29) is 54.8 Å². The fraction of sp³-hybridized carbons (Fsp3) is 0.569. The van der Waals surface area contributed by atoms with E-state index in [2.05, 4.69) is 60.2 Å². The van der Waals surface area contributed by atoms with Crippen molar-refractivity contribution in [3.05, 3.63) is 195 Å². The summed E-state index contributed by atoms with van der Waals surface area (Å²) in [6, 6.07) is 39.4. The van der Waals surface area contributed by atoms with Gasteiger partial charge < -0.3 is 69.7 Å². The van der Waals surface area contributed by atoms with Crippen molar-refractivity contribution in [3.8, 4) is 17.2 Å². The molecule has 9 atom stereocenters. The molecule has 4 aromatic heterocycles. The molecule has 7 aromatic rings. The third-order valence-corrected chi connectivity index (χ3v) is 26.7. The normalized spacial score (nSPS) is 22.1. The fourth-order valence-electron chi connectivity index (χ4n) is 19.6. The summed E-state index contributed by atoms with van der Waals surface area (Å²) in [7, 11) is 6.20. The van der Waals surface area contributed by atoms with Crippen LogP contribution < -0.4 is 35.5 Å². The first-order valence-corrected chi connectivity index (χ1v) is 47.1. The highest BCUT2D eigenvalue weighted by molar-refractivity contribution is 5.81. The molecule has 0 bridgehead atoms. The number of aromatic nitrogens is 4. The Morgan fingerprint density at radius 3 is 1.13 bits per heavy atom. The van der Waals surface area contributed by atoms with Crippen LogP contribution in [0.4, 0.5) is 40.8 Å². The summed E-state index contributed by atoms with van der Waals surface area (Å²) in [6.07, 6.45) is 22.1. The number of carboxylic acids is 3. The van der Waals surface area contributed by atoms with Gasteiger partial charge in [-0.25, -0.2) is 42.3 Å². The second-order valence-corrected chi connectivity index (χ2v) is 36.7. The van der Waals surface area contributed by atoms with Gasteiger partial charge in [0.15, 0.2) is 0 Å². The molecule has 0 spiro atoms. The number of hydrogen-bond acceptors (Lipinski definition) is 21. The number of carbonyl (C=O) groups excluding carboxylic acids is 1. The lowest BCUT2D eigenvalue weighted by molar-refractivity contribution is -0.138. The van der Waals surface area contributed by atoms with E-state index in [1.165, 1.54) is 35.4 Å². The lowest BCUT2D eigenvalue weighted by atomic mass is 9.84. The smallest absolute Gasteiger partial charge is 0.330 e. The minimum atomic E-state index is -1.29. The van der Waals surface area contributed by atoms with E-state index in [0.29, 0.717) is 199 Å². The van der Waals surface area contributed by atoms with Crippen molar-refractivity contribution in [1.82, 2.24) is 29.7 Å². The maximum atomic E-state index is 15.7. The minimum absolute atomic E-state index is 0.0106. The lowest BCUT2D eigenvalue weighted by Gasteiger charge is -2.25. The van der Waals surface area contributed by atoms with E-state index in [9.17, 15) is 34.5 Å². The number of benzene rings is 3. The fourth-order valence-corrected chi connectivity index (χ4v) is 19.6. The number of anilines is 4. The number of hydrogen-bond donors (Lipinski definition) is 7. The van der Waals surface area contributed by atoms with Crippen LogP contribution in [0.5, 0.6) is 17.2 Å². The number of fused-ring (bicyclic) bond motifs is 4. The molecule has 0 amide bonds. The quantitative estimate of drug-likeness (QED) is 0.00809. The Morgan fingerprint density at radius 2 is 0.777 bits per heavy atom. The minimum Gasteiger partial charge on any atom is -0.491 e. The maximum Gasteiger partial charge on any atom is 0.330 e. The zero-order valence-corrected chi connectivity index (χ0v) is 76.4. The van der Waals surface area contributed by atoms with Crippen LogP contribution in [0.1, 0.15) is 214 Å². The summed E-state index contributed by atoms with van der Waals surface area (Å²) in [5.74, 6) is 2.76. The maximum absolute atomic E-state index is 15.7. The molecule has 2 saturated heterocycles. The van der Waals surface area contributed by atoms with Crippen LogP contribution in [0.25, 0.3) is 0 Å². The van der Waals surface area contributed by atoms with Crippen LogP contribution >= 0.6 is 0 Å². The van der Waals surface area contributed by atoms with Crippen molar-refractivity contribution < 1.29 is 85.2 Å². The van der Waals surface area contributed by atoms with E-state index in [4.69, 9.17) is 43.4 Å². The predicted octanol–water partition coefficient (Wildman–Crippen LogP) is 17.7. The third-order valence-electron chi connectivity index (χ3n) is 26.7. The number of esters is 1. The van der Waals surface area contributed by atoms with E-state index in [1.54, 1.807) is 27.4 Å². The lowest BCUT2D eigenvalue weighted by Crippen LogP contribution is -2.32. The molecule has 2 aliphatic carbocycles. The third kappa shape index (κ3) is 31.3. The number of carbonyl (C=O) groups is 4. The first kappa shape index (κ1) is 99.0. The Morgan fingerprint density at radius 1 is 0.438 bits per heavy atom. The van der Waals surface area contributed by atoms with Crippen molar-refractivity contribution in [1.29, 1.82) is 0 Å². The van der Waals surface area contributed by atoms with Crippen LogP contribution in [-0.2, 0) is 89.5 Å². The van der Waals surface area contributed by atoms with Gasteiger partial charge >= 0.3 is 23.9 Å². The van der Waals surface area contributed by atoms with Crippen LogP contribution in [0, 0.1) is 11.8 Å². The second-order valence-electron chi connectivity index (χ2n) is 36.7. The van der Waals surface area contributed by atoms with Crippen LogP contribution in [-0.4, -0.2) is 225 Å². The summed E-state index contributed by atoms with van der Waals surface area (Å²) in [5, 5.41) is 41.9. The monoisotopic (exact) mass is 1800 g/mol. The zero-order chi connectivity index (χ0) is 91.7. The molecule has 706 valence electrons. The number of carboxylic acid groups (broad SMARTS) is 3. The number of ether oxygens (including phenoxy) is 7. The summed E-state index contributed by atoms with van der Waals surface area (Å²) in [4.78, 5) is 68.7. The Bertz CT molecular complexity index is 4450. The van der Waals surface area contributed by atoms with Gasteiger partial charge in [-0.15, -0.1) is 0 Å². The van der Waals surface area contributed by atoms with Gasteiger partial charge in [0, 0.05) is 122 Å². The SMILES string of the molecule is COC(=O)/C=C/CN1CCC(F)(CCc2ccc3c(n2)NCCC3)C1.COCCOc1cccc(C(CC(=O)O)CN2CCC(F)(CCc3ccc4c(n3)NCCC4)C2)c1.COCCOc1cccc([C@@H](CC(=O)O)CC2CC[C@@](F)(CCc3ccc4c(n3)NCCC4)C2)c1.COCCOc1cccc([C@H](CC(=O)O)CC2CC[C@@](F)(CCc3ccc4c(n3)NCCC4)C2)c1. The Balaban J connectivity index is 0.000000158. The first-order valence-electron chi connectivity index (χ1n) is 47.1. The van der Waals surface area contributed by atoms with Crippen molar-refractivity contribution in [2.75, 3.05) is 155 Å². The molecule has 0 radical (unpaired) electrons. The first-order chi connectivity index (χ1) is 62.9. The van der Waals surface area contributed by atoms with Crippen LogP contribution in [0.15, 0.2) is 133 Å². The van der Waals surface area contributed by atoms with Gasteiger partial charge in [-0.2, -0.15) is 0 Å². The molecular weight excluding hydrogens is 1670 g/mol. The number of nitrogens with one attached hydrogen (secondary N) is 4. The van der Waals surface area contributed by atoms with Gasteiger partial charge in [0.25, 0.3) is 0 Å². The van der Waals surface area contributed by atoms with Crippen molar-refractivity contribution in [2.24, 2.45) is 11.8 Å². The molecule has 130 heavy (non-hydrogen) atoms. The standard InChI is InChI=1S/2C28H37FN2O4.C27H36FN3O4.C19H26FN3O2/c2*1-34-14-15-35-25-6-2-4-22(17-25)23(18-26(32)33)16-20-9-11-28(29,19-20)12-10-24-8-7-21-5-3-13-30-27(21)31-24;1-34-14-15-35-24-6-2-4-21(16-24)22(17-25(32)33)18-31-13-11-27(28,19-31)10-9-23-8-7-20-5-3-12-29-26(20)30-23;1-25-17(24)5-3-12-23-13-10-19(20,14-23)9-8-16-7-6-15-4-2-11-21-18(15)22-16/h2*2,4,6-8,17,20,23H,3,5,9-16,18-19H2,1H3,(H,30,31)(H,32,33);2,4,6-8,16,22H,3,5,9-15,17-19H2,1H3,(H,29,30)(H,32,33);3,5-7H,2,4,8-14H2,1H3,(H,21,22)/b;;;5-3+/t20?,23-,28+;20?,23-,28-;;/m01../s1. The molecule has 5 unspecified atom stereocenters. The van der Waals surface area contributed by atoms with Crippen molar-refractivity contribution in [2.45, 2.75) is 227 Å². The summed E-state index contributed by atoms with van der Waals surface area (Å²) < 4.78 is 99.0. The molecule has 2 saturated carbocycles. The van der Waals surface area contributed by atoms with Gasteiger partial charge in [-0.1, -0.05) is 66.7 Å². The molecule has 7 N–H and O–H groups in total. The number of aryl methyl sites for hydroxylation is 8. The van der Waals surface area contributed by atoms with Gasteiger partial charge in [0.1, 0.15) is 83.0 Å². The average Bonchev–Trinajstić information content (AvgIpc) is 1.69. The second kappa shape index (κ2) is 49.5. The summed E-state index contributed by atoms with van der Waals surface area (Å²) in [5.41, 5.74) is 6.60. The molecule has 6 aliphatic heterocycles. The van der Waals surface area contributed by atoms with Crippen LogP contribution in [0.2, 0.25) is 0 Å².